The minimum absolute atomic E-state index is 0.0658. The second kappa shape index (κ2) is 7.88. The van der Waals surface area contributed by atoms with Gasteiger partial charge in [0.25, 0.3) is 0 Å². The number of rotatable bonds is 4. The fourth-order valence-corrected chi connectivity index (χ4v) is 3.61. The van der Waals surface area contributed by atoms with Crippen molar-refractivity contribution in [2.75, 3.05) is 32.8 Å². The Labute approximate surface area is 138 Å². The van der Waals surface area contributed by atoms with Crippen LogP contribution < -0.4 is 0 Å². The third-order valence-electron chi connectivity index (χ3n) is 4.96. The Balaban J connectivity index is 1.51. The second-order valence-corrected chi connectivity index (χ2v) is 6.49. The van der Waals surface area contributed by atoms with Crippen molar-refractivity contribution in [2.45, 2.75) is 38.8 Å². The first-order valence-electron chi connectivity index (χ1n) is 8.80. The zero-order valence-corrected chi connectivity index (χ0v) is 14.0. The summed E-state index contributed by atoms with van der Waals surface area (Å²) in [4.78, 5) is 21.6. The van der Waals surface area contributed by atoms with Crippen LogP contribution in [0.25, 0.3) is 0 Å². The zero-order chi connectivity index (χ0) is 16.1. The Kier molecular flexibility index (Phi) is 5.62. The van der Waals surface area contributed by atoms with Gasteiger partial charge in [0.2, 0.25) is 5.91 Å². The molecule has 1 amide bonds. The second-order valence-electron chi connectivity index (χ2n) is 6.49. The van der Waals surface area contributed by atoms with E-state index in [1.165, 1.54) is 0 Å². The van der Waals surface area contributed by atoms with Crippen LogP contribution in [0.1, 0.15) is 31.9 Å². The van der Waals surface area contributed by atoms with E-state index in [0.717, 1.165) is 64.3 Å². The molecule has 1 aromatic heterocycles. The number of nitrogens with zero attached hydrogens (tertiary/aromatic N) is 3. The van der Waals surface area contributed by atoms with E-state index in [4.69, 9.17) is 4.74 Å². The number of carbonyl (C=O) groups excluding carboxylic acids is 1. The third kappa shape index (κ3) is 4.09. The maximum Gasteiger partial charge on any atom is 0.228 e. The van der Waals surface area contributed by atoms with Crippen LogP contribution in [-0.4, -0.2) is 59.6 Å². The van der Waals surface area contributed by atoms with Crippen molar-refractivity contribution in [2.24, 2.45) is 5.92 Å². The minimum atomic E-state index is 0.0658. The van der Waals surface area contributed by atoms with Crippen LogP contribution in [-0.2, 0) is 16.1 Å². The molecule has 1 aromatic rings. The van der Waals surface area contributed by atoms with Crippen molar-refractivity contribution >= 4 is 5.91 Å². The molecule has 2 atom stereocenters. The minimum Gasteiger partial charge on any atom is -0.377 e. The number of amides is 1. The predicted molar refractivity (Wildman–Crippen MR) is 88.8 cm³/mol. The molecule has 0 aromatic carbocycles. The van der Waals surface area contributed by atoms with E-state index < -0.39 is 0 Å². The van der Waals surface area contributed by atoms with Gasteiger partial charge in [-0.1, -0.05) is 13.0 Å². The summed E-state index contributed by atoms with van der Waals surface area (Å²) in [6.07, 6.45) is 4.86. The van der Waals surface area contributed by atoms with Crippen molar-refractivity contribution in [3.8, 4) is 0 Å². The number of piperazine rings is 1. The molecule has 0 aliphatic carbocycles. The summed E-state index contributed by atoms with van der Waals surface area (Å²) in [5.74, 6) is 0.366. The summed E-state index contributed by atoms with van der Waals surface area (Å²) >= 11 is 0. The van der Waals surface area contributed by atoms with Crippen molar-refractivity contribution in [1.82, 2.24) is 14.8 Å². The lowest BCUT2D eigenvalue weighted by Gasteiger charge is -2.39. The largest absolute Gasteiger partial charge is 0.377 e. The lowest BCUT2D eigenvalue weighted by atomic mass is 9.91. The number of hydrogen-bond donors (Lipinski definition) is 0. The highest BCUT2D eigenvalue weighted by Crippen LogP contribution is 2.25. The molecule has 0 saturated carbocycles. The number of carbonyl (C=O) groups is 1. The summed E-state index contributed by atoms with van der Waals surface area (Å²) in [6.45, 7) is 7.27. The zero-order valence-electron chi connectivity index (χ0n) is 14.0. The predicted octanol–water partition coefficient (Wildman–Crippen LogP) is 1.93. The van der Waals surface area contributed by atoms with Gasteiger partial charge in [-0.15, -0.1) is 0 Å². The van der Waals surface area contributed by atoms with Gasteiger partial charge in [0.05, 0.1) is 17.7 Å². The average molecular weight is 317 g/mol. The quantitative estimate of drug-likeness (QED) is 0.851. The Morgan fingerprint density at radius 1 is 1.30 bits per heavy atom. The molecule has 23 heavy (non-hydrogen) atoms. The van der Waals surface area contributed by atoms with Gasteiger partial charge >= 0.3 is 0 Å². The molecule has 0 radical (unpaired) electrons. The van der Waals surface area contributed by atoms with Gasteiger partial charge < -0.3 is 9.64 Å². The van der Waals surface area contributed by atoms with Crippen LogP contribution in [0.5, 0.6) is 0 Å². The molecule has 0 bridgehead atoms. The van der Waals surface area contributed by atoms with Crippen LogP contribution >= 0.6 is 0 Å². The number of ether oxygens (including phenoxy) is 1. The Morgan fingerprint density at radius 3 is 2.83 bits per heavy atom. The Morgan fingerprint density at radius 2 is 2.13 bits per heavy atom. The molecule has 5 nitrogen and oxygen atoms in total. The Bertz CT molecular complexity index is 500. The van der Waals surface area contributed by atoms with Gasteiger partial charge in [-0.05, 0) is 31.4 Å². The average Bonchev–Trinajstić information content (AvgIpc) is 2.62. The molecule has 0 spiro atoms. The number of hydrogen-bond acceptors (Lipinski definition) is 4. The molecule has 0 unspecified atom stereocenters. The highest BCUT2D eigenvalue weighted by atomic mass is 16.5. The van der Waals surface area contributed by atoms with E-state index >= 15 is 0 Å². The van der Waals surface area contributed by atoms with Gasteiger partial charge in [-0.2, -0.15) is 0 Å². The molecule has 3 heterocycles. The molecule has 2 fully saturated rings. The van der Waals surface area contributed by atoms with E-state index in [9.17, 15) is 4.79 Å². The van der Waals surface area contributed by atoms with E-state index in [2.05, 4.69) is 22.9 Å². The van der Waals surface area contributed by atoms with Crippen molar-refractivity contribution in [3.05, 3.63) is 30.1 Å². The molecule has 3 rings (SSSR count). The monoisotopic (exact) mass is 317 g/mol. The lowest BCUT2D eigenvalue weighted by Crippen LogP contribution is -2.52. The first-order chi connectivity index (χ1) is 11.3. The van der Waals surface area contributed by atoms with Crippen LogP contribution in [0.15, 0.2) is 24.4 Å². The van der Waals surface area contributed by atoms with E-state index in [1.807, 2.05) is 23.2 Å². The standard InChI is InChI=1S/C18H27N3O2/c1-2-17-16(7-5-13-23-17)18(22)21-11-9-20(10-12-21)14-15-6-3-4-8-19-15/h3-4,6,8,16-17H,2,5,7,9-14H2,1H3/t16-,17+/m0/s1. The first-order valence-corrected chi connectivity index (χ1v) is 8.80. The summed E-state index contributed by atoms with van der Waals surface area (Å²) < 4.78 is 5.79. The molecular formula is C18H27N3O2. The normalized spacial score (nSPS) is 26.2. The fourth-order valence-electron chi connectivity index (χ4n) is 3.61. The van der Waals surface area contributed by atoms with Crippen LogP contribution in [0.2, 0.25) is 0 Å². The van der Waals surface area contributed by atoms with E-state index in [0.29, 0.717) is 5.91 Å². The topological polar surface area (TPSA) is 45.7 Å². The highest BCUT2D eigenvalue weighted by molar-refractivity contribution is 5.79. The summed E-state index contributed by atoms with van der Waals surface area (Å²) in [5, 5.41) is 0. The third-order valence-corrected chi connectivity index (χ3v) is 4.96. The molecule has 2 saturated heterocycles. The van der Waals surface area contributed by atoms with Gasteiger partial charge in [-0.3, -0.25) is 14.7 Å². The highest BCUT2D eigenvalue weighted by Gasteiger charge is 2.34. The summed E-state index contributed by atoms with van der Waals surface area (Å²) in [7, 11) is 0. The van der Waals surface area contributed by atoms with Crippen LogP contribution in [0, 0.1) is 5.92 Å². The molecular weight excluding hydrogens is 290 g/mol. The molecule has 5 heteroatoms. The van der Waals surface area contributed by atoms with Gasteiger partial charge in [0.1, 0.15) is 0 Å². The Hall–Kier alpha value is -1.46. The van der Waals surface area contributed by atoms with E-state index in [1.54, 1.807) is 0 Å². The maximum absolute atomic E-state index is 12.8. The number of aromatic nitrogens is 1. The summed E-state index contributed by atoms with van der Waals surface area (Å²) in [6, 6.07) is 6.02. The first kappa shape index (κ1) is 16.4. The SMILES string of the molecule is CC[C@H]1OCCC[C@@H]1C(=O)N1CCN(Cc2ccccn2)CC1. The smallest absolute Gasteiger partial charge is 0.228 e. The van der Waals surface area contributed by atoms with E-state index in [-0.39, 0.29) is 12.0 Å². The molecule has 2 aliphatic heterocycles. The lowest BCUT2D eigenvalue weighted by molar-refractivity contribution is -0.147. The van der Waals surface area contributed by atoms with Gasteiger partial charge in [-0.25, -0.2) is 0 Å². The summed E-state index contributed by atoms with van der Waals surface area (Å²) in [5.41, 5.74) is 1.10. The maximum atomic E-state index is 12.8. The van der Waals surface area contributed by atoms with Crippen molar-refractivity contribution < 1.29 is 9.53 Å². The van der Waals surface area contributed by atoms with Crippen molar-refractivity contribution in [3.63, 3.8) is 0 Å². The molecule has 126 valence electrons. The van der Waals surface area contributed by atoms with Crippen molar-refractivity contribution in [1.29, 1.82) is 0 Å². The van der Waals surface area contributed by atoms with Gasteiger partial charge in [0, 0.05) is 45.5 Å². The van der Waals surface area contributed by atoms with Gasteiger partial charge in [0.15, 0.2) is 0 Å². The van der Waals surface area contributed by atoms with Crippen LogP contribution in [0.3, 0.4) is 0 Å². The fraction of sp³-hybridized carbons (Fsp3) is 0.667. The molecule has 0 N–H and O–H groups in total. The molecule has 2 aliphatic rings. The van der Waals surface area contributed by atoms with Crippen LogP contribution in [0.4, 0.5) is 0 Å². The number of pyridine rings is 1.